The highest BCUT2D eigenvalue weighted by Crippen LogP contribution is 2.52. The van der Waals surface area contributed by atoms with Gasteiger partial charge in [0.05, 0.1) is 17.7 Å². The Labute approximate surface area is 203 Å². The molecule has 0 bridgehead atoms. The summed E-state index contributed by atoms with van der Waals surface area (Å²) in [5.41, 5.74) is 0.319. The SMILES string of the molecule is CN(CCNC(=O)OCC1[C@H]2CCC#CCC[C@@H]12)CCNc1ccnc2cc(C(F)(F)F)ccc12. The monoisotopic (exact) mass is 488 g/mol. The molecule has 9 heteroatoms. The Hall–Kier alpha value is -2.99. The van der Waals surface area contributed by atoms with Gasteiger partial charge < -0.3 is 20.3 Å². The number of amides is 1. The zero-order valence-corrected chi connectivity index (χ0v) is 19.8. The first-order valence-electron chi connectivity index (χ1n) is 12.1. The molecule has 0 saturated heterocycles. The zero-order valence-electron chi connectivity index (χ0n) is 19.8. The second-order valence-corrected chi connectivity index (χ2v) is 9.27. The number of ether oxygens (including phenoxy) is 1. The number of carbonyl (C=O) groups is 1. The van der Waals surface area contributed by atoms with E-state index in [0.29, 0.717) is 61.4 Å². The largest absolute Gasteiger partial charge is 0.449 e. The molecule has 2 aliphatic rings. The fourth-order valence-corrected chi connectivity index (χ4v) is 4.83. The van der Waals surface area contributed by atoms with Gasteiger partial charge in [-0.15, -0.1) is 11.8 Å². The average Bonchev–Trinajstić information content (AvgIpc) is 3.45. The summed E-state index contributed by atoms with van der Waals surface area (Å²) < 4.78 is 44.3. The summed E-state index contributed by atoms with van der Waals surface area (Å²) in [6, 6.07) is 5.33. The van der Waals surface area contributed by atoms with Gasteiger partial charge in [-0.05, 0) is 55.8 Å². The molecule has 1 amide bonds. The van der Waals surface area contributed by atoms with Crippen LogP contribution in [-0.4, -0.2) is 55.8 Å². The predicted octanol–water partition coefficient (Wildman–Crippen LogP) is 4.76. The summed E-state index contributed by atoms with van der Waals surface area (Å²) in [5.74, 6) is 8.15. The molecular formula is C26H31F3N4O2. The van der Waals surface area contributed by atoms with Crippen molar-refractivity contribution < 1.29 is 22.7 Å². The van der Waals surface area contributed by atoms with E-state index in [1.165, 1.54) is 12.3 Å². The topological polar surface area (TPSA) is 66.5 Å². The lowest BCUT2D eigenvalue weighted by atomic mass is 10.1. The van der Waals surface area contributed by atoms with Crippen molar-refractivity contribution in [2.45, 2.75) is 31.9 Å². The van der Waals surface area contributed by atoms with Gasteiger partial charge in [0, 0.05) is 56.3 Å². The summed E-state index contributed by atoms with van der Waals surface area (Å²) in [7, 11) is 1.94. The number of alkyl carbamates (subject to hydrolysis) is 1. The Morgan fingerprint density at radius 1 is 1.14 bits per heavy atom. The smallest absolute Gasteiger partial charge is 0.416 e. The standard InChI is InChI=1S/C26H31F3N4O2/c1-33(15-13-32-25(34)35-17-22-19-6-4-2-3-5-7-20(19)22)14-12-31-23-10-11-30-24-16-18(26(27,28)29)8-9-21(23)24/h8-11,16,19-20,22H,4-7,12-15,17H2,1H3,(H,30,31)(H,32,34)/t19-,20+,22?. The highest BCUT2D eigenvalue weighted by molar-refractivity contribution is 5.91. The maximum absolute atomic E-state index is 12.9. The maximum Gasteiger partial charge on any atom is 0.416 e. The van der Waals surface area contributed by atoms with E-state index in [-0.39, 0.29) is 6.09 Å². The maximum atomic E-state index is 12.9. The van der Waals surface area contributed by atoms with Crippen molar-refractivity contribution in [3.05, 3.63) is 36.0 Å². The van der Waals surface area contributed by atoms with Crippen LogP contribution in [0, 0.1) is 29.6 Å². The van der Waals surface area contributed by atoms with Crippen LogP contribution in [0.5, 0.6) is 0 Å². The molecule has 0 spiro atoms. The second-order valence-electron chi connectivity index (χ2n) is 9.27. The fourth-order valence-electron chi connectivity index (χ4n) is 4.83. The zero-order chi connectivity index (χ0) is 24.8. The van der Waals surface area contributed by atoms with Crippen LogP contribution in [0.4, 0.5) is 23.7 Å². The van der Waals surface area contributed by atoms with Crippen LogP contribution in [0.25, 0.3) is 10.9 Å². The van der Waals surface area contributed by atoms with Crippen molar-refractivity contribution >= 4 is 22.7 Å². The minimum absolute atomic E-state index is 0.297. The van der Waals surface area contributed by atoms with Gasteiger partial charge in [-0.1, -0.05) is 6.07 Å². The Morgan fingerprint density at radius 2 is 1.86 bits per heavy atom. The van der Waals surface area contributed by atoms with Crippen LogP contribution >= 0.6 is 0 Å². The normalized spacial score (nSPS) is 21.3. The van der Waals surface area contributed by atoms with E-state index in [1.54, 1.807) is 6.07 Å². The number of nitrogens with one attached hydrogen (secondary N) is 2. The first-order valence-corrected chi connectivity index (χ1v) is 12.1. The lowest BCUT2D eigenvalue weighted by Gasteiger charge is -2.18. The van der Waals surface area contributed by atoms with Crippen molar-refractivity contribution in [2.75, 3.05) is 45.2 Å². The van der Waals surface area contributed by atoms with E-state index in [2.05, 4.69) is 32.4 Å². The number of carbonyl (C=O) groups excluding carboxylic acids is 1. The quantitative estimate of drug-likeness (QED) is 0.498. The minimum Gasteiger partial charge on any atom is -0.449 e. The second kappa shape index (κ2) is 11.2. The van der Waals surface area contributed by atoms with Crippen LogP contribution in [0.2, 0.25) is 0 Å². The molecule has 3 atom stereocenters. The van der Waals surface area contributed by atoms with Crippen molar-refractivity contribution in [3.63, 3.8) is 0 Å². The lowest BCUT2D eigenvalue weighted by Crippen LogP contribution is -2.35. The summed E-state index contributed by atoms with van der Waals surface area (Å²) in [6.45, 7) is 2.88. The highest BCUT2D eigenvalue weighted by atomic mass is 19.4. The van der Waals surface area contributed by atoms with E-state index < -0.39 is 11.7 Å². The number of halogens is 3. The van der Waals surface area contributed by atoms with Crippen molar-refractivity contribution in [1.82, 2.24) is 15.2 Å². The van der Waals surface area contributed by atoms with E-state index in [0.717, 1.165) is 43.5 Å². The van der Waals surface area contributed by atoms with E-state index in [4.69, 9.17) is 4.74 Å². The number of hydrogen-bond donors (Lipinski definition) is 2. The molecule has 1 aromatic carbocycles. The molecule has 1 fully saturated rings. The molecular weight excluding hydrogens is 457 g/mol. The summed E-state index contributed by atoms with van der Waals surface area (Å²) in [6.07, 6.45) is 0.827. The molecule has 35 heavy (non-hydrogen) atoms. The van der Waals surface area contributed by atoms with Gasteiger partial charge in [0.1, 0.15) is 0 Å². The average molecular weight is 489 g/mol. The predicted molar refractivity (Wildman–Crippen MR) is 129 cm³/mol. The molecule has 2 aliphatic carbocycles. The number of anilines is 1. The van der Waals surface area contributed by atoms with Gasteiger partial charge in [0.2, 0.25) is 0 Å². The van der Waals surface area contributed by atoms with Crippen LogP contribution in [0.3, 0.4) is 0 Å². The molecule has 0 radical (unpaired) electrons. The van der Waals surface area contributed by atoms with Gasteiger partial charge in [0.25, 0.3) is 0 Å². The Kier molecular flexibility index (Phi) is 8.01. The first-order chi connectivity index (χ1) is 16.8. The lowest BCUT2D eigenvalue weighted by molar-refractivity contribution is -0.137. The molecule has 1 aromatic heterocycles. The molecule has 6 nitrogen and oxygen atoms in total. The number of pyridine rings is 1. The number of benzene rings is 1. The van der Waals surface area contributed by atoms with Gasteiger partial charge >= 0.3 is 12.3 Å². The number of rotatable bonds is 9. The first kappa shape index (κ1) is 25.1. The van der Waals surface area contributed by atoms with Gasteiger partial charge in [-0.3, -0.25) is 4.98 Å². The number of alkyl halides is 3. The Balaban J connectivity index is 1.13. The minimum atomic E-state index is -4.40. The van der Waals surface area contributed by atoms with Crippen molar-refractivity contribution in [2.24, 2.45) is 17.8 Å². The molecule has 1 unspecified atom stereocenters. The molecule has 1 heterocycles. The van der Waals surface area contributed by atoms with Gasteiger partial charge in [-0.25, -0.2) is 4.79 Å². The fraction of sp³-hybridized carbons (Fsp3) is 0.538. The summed E-state index contributed by atoms with van der Waals surface area (Å²) >= 11 is 0. The number of aromatic nitrogens is 1. The molecule has 4 rings (SSSR count). The van der Waals surface area contributed by atoms with Crippen LogP contribution in [0.1, 0.15) is 31.2 Å². The van der Waals surface area contributed by atoms with Crippen molar-refractivity contribution in [1.29, 1.82) is 0 Å². The Morgan fingerprint density at radius 3 is 2.57 bits per heavy atom. The van der Waals surface area contributed by atoms with E-state index in [9.17, 15) is 18.0 Å². The van der Waals surface area contributed by atoms with Gasteiger partial charge in [0.15, 0.2) is 0 Å². The Bertz CT molecular complexity index is 1080. The third kappa shape index (κ3) is 6.79. The highest BCUT2D eigenvalue weighted by Gasteiger charge is 2.49. The van der Waals surface area contributed by atoms with Crippen LogP contribution in [-0.2, 0) is 10.9 Å². The third-order valence-corrected chi connectivity index (χ3v) is 6.89. The van der Waals surface area contributed by atoms with Crippen LogP contribution in [0.15, 0.2) is 30.5 Å². The number of hydrogen-bond acceptors (Lipinski definition) is 5. The third-order valence-electron chi connectivity index (χ3n) is 6.89. The molecule has 0 aliphatic heterocycles. The molecule has 1 saturated carbocycles. The summed E-state index contributed by atoms with van der Waals surface area (Å²) in [5, 5.41) is 6.71. The number of fused-ring (bicyclic) bond motifs is 2. The van der Waals surface area contributed by atoms with Gasteiger partial charge in [-0.2, -0.15) is 13.2 Å². The van der Waals surface area contributed by atoms with Crippen molar-refractivity contribution in [3.8, 4) is 11.8 Å². The molecule has 2 N–H and O–H groups in total. The molecule has 2 aromatic rings. The van der Waals surface area contributed by atoms with Crippen LogP contribution < -0.4 is 10.6 Å². The van der Waals surface area contributed by atoms with E-state index in [1.807, 2.05) is 7.05 Å². The number of likely N-dealkylation sites (N-methyl/N-ethyl adjacent to an activating group) is 1. The summed E-state index contributed by atoms with van der Waals surface area (Å²) in [4.78, 5) is 18.2. The molecule has 188 valence electrons. The van der Waals surface area contributed by atoms with E-state index >= 15 is 0 Å². The number of nitrogens with zero attached hydrogens (tertiary/aromatic N) is 2.